The minimum Gasteiger partial charge on any atom is -0.496 e. The van der Waals surface area contributed by atoms with Crippen molar-refractivity contribution in [1.82, 2.24) is 9.97 Å². The zero-order valence-electron chi connectivity index (χ0n) is 12.5. The van der Waals surface area contributed by atoms with Gasteiger partial charge in [0.2, 0.25) is 5.95 Å². The van der Waals surface area contributed by atoms with E-state index < -0.39 is 0 Å². The Labute approximate surface area is 132 Å². The van der Waals surface area contributed by atoms with Gasteiger partial charge in [0.15, 0.2) is 0 Å². The van der Waals surface area contributed by atoms with Crippen LogP contribution in [0.25, 0.3) is 22.5 Å². The number of halogens is 1. The molecule has 1 aliphatic carbocycles. The number of ether oxygens (including phenoxy) is 1. The second kappa shape index (κ2) is 5.05. The van der Waals surface area contributed by atoms with E-state index in [1.807, 2.05) is 18.2 Å². The van der Waals surface area contributed by atoms with Gasteiger partial charge < -0.3 is 10.5 Å². The van der Waals surface area contributed by atoms with Crippen LogP contribution in [0.3, 0.4) is 0 Å². The van der Waals surface area contributed by atoms with Crippen LogP contribution >= 0.6 is 0 Å². The first-order valence-electron chi connectivity index (χ1n) is 7.26. The van der Waals surface area contributed by atoms with E-state index in [4.69, 9.17) is 10.5 Å². The molecule has 1 heterocycles. The third-order valence-corrected chi connectivity index (χ3v) is 4.08. The number of nitrogen functional groups attached to an aromatic ring is 1. The number of fused-ring (bicyclic) bond motifs is 3. The van der Waals surface area contributed by atoms with E-state index in [9.17, 15) is 4.39 Å². The SMILES string of the molecule is COc1cccc2c1-c1nc(N)nc(-c3ccc(F)cc3)c1C2. The predicted octanol–water partition coefficient (Wildman–Crippen LogP) is 3.44. The molecule has 0 saturated heterocycles. The average Bonchev–Trinajstić information content (AvgIpc) is 2.93. The van der Waals surface area contributed by atoms with Crippen LogP contribution in [-0.2, 0) is 6.42 Å². The Morgan fingerprint density at radius 2 is 1.78 bits per heavy atom. The van der Waals surface area contributed by atoms with Crippen molar-refractivity contribution in [2.45, 2.75) is 6.42 Å². The highest BCUT2D eigenvalue weighted by atomic mass is 19.1. The molecule has 2 N–H and O–H groups in total. The van der Waals surface area contributed by atoms with Crippen molar-refractivity contribution in [3.8, 4) is 28.3 Å². The van der Waals surface area contributed by atoms with Gasteiger partial charge in [-0.2, -0.15) is 0 Å². The maximum atomic E-state index is 13.2. The molecule has 3 aromatic rings. The van der Waals surface area contributed by atoms with Gasteiger partial charge in [-0.25, -0.2) is 14.4 Å². The summed E-state index contributed by atoms with van der Waals surface area (Å²) < 4.78 is 18.7. The number of nitrogens with zero attached hydrogens (tertiary/aromatic N) is 2. The minimum atomic E-state index is -0.280. The van der Waals surface area contributed by atoms with Crippen LogP contribution in [0, 0.1) is 5.82 Å². The second-order valence-corrected chi connectivity index (χ2v) is 5.44. The Morgan fingerprint density at radius 1 is 1.04 bits per heavy atom. The molecule has 0 radical (unpaired) electrons. The molecule has 4 nitrogen and oxygen atoms in total. The van der Waals surface area contributed by atoms with Gasteiger partial charge in [0, 0.05) is 23.1 Å². The van der Waals surface area contributed by atoms with Crippen LogP contribution < -0.4 is 10.5 Å². The van der Waals surface area contributed by atoms with Gasteiger partial charge in [0.25, 0.3) is 0 Å². The lowest BCUT2D eigenvalue weighted by Crippen LogP contribution is -2.01. The molecular weight excluding hydrogens is 293 g/mol. The summed E-state index contributed by atoms with van der Waals surface area (Å²) in [5.41, 5.74) is 11.3. The van der Waals surface area contributed by atoms with Crippen molar-refractivity contribution in [3.63, 3.8) is 0 Å². The maximum absolute atomic E-state index is 13.2. The molecule has 1 aliphatic rings. The first-order valence-corrected chi connectivity index (χ1v) is 7.26. The van der Waals surface area contributed by atoms with E-state index in [1.54, 1.807) is 19.2 Å². The van der Waals surface area contributed by atoms with Gasteiger partial charge in [0.1, 0.15) is 11.6 Å². The number of rotatable bonds is 2. The smallest absolute Gasteiger partial charge is 0.221 e. The summed E-state index contributed by atoms with van der Waals surface area (Å²) in [5, 5.41) is 0. The molecule has 1 aromatic heterocycles. The minimum absolute atomic E-state index is 0.196. The Balaban J connectivity index is 1.96. The highest BCUT2D eigenvalue weighted by Gasteiger charge is 2.27. The molecule has 5 heteroatoms. The Bertz CT molecular complexity index is 907. The normalized spacial score (nSPS) is 11.9. The third-order valence-electron chi connectivity index (χ3n) is 4.08. The van der Waals surface area contributed by atoms with Crippen molar-refractivity contribution in [2.24, 2.45) is 0 Å². The van der Waals surface area contributed by atoms with Crippen molar-refractivity contribution >= 4 is 5.95 Å². The van der Waals surface area contributed by atoms with E-state index in [2.05, 4.69) is 9.97 Å². The average molecular weight is 307 g/mol. The summed E-state index contributed by atoms with van der Waals surface area (Å²) in [7, 11) is 1.64. The molecule has 114 valence electrons. The number of aromatic nitrogens is 2. The van der Waals surface area contributed by atoms with Crippen LogP contribution in [0.2, 0.25) is 0 Å². The van der Waals surface area contributed by atoms with E-state index in [0.717, 1.165) is 39.4 Å². The molecule has 0 spiro atoms. The Morgan fingerprint density at radius 3 is 2.52 bits per heavy atom. The molecule has 23 heavy (non-hydrogen) atoms. The zero-order valence-corrected chi connectivity index (χ0v) is 12.5. The molecule has 0 aliphatic heterocycles. The van der Waals surface area contributed by atoms with E-state index in [0.29, 0.717) is 6.42 Å². The second-order valence-electron chi connectivity index (χ2n) is 5.44. The fraction of sp³-hybridized carbons (Fsp3) is 0.111. The van der Waals surface area contributed by atoms with E-state index in [1.165, 1.54) is 12.1 Å². The van der Waals surface area contributed by atoms with Crippen molar-refractivity contribution < 1.29 is 9.13 Å². The zero-order chi connectivity index (χ0) is 16.0. The first kappa shape index (κ1) is 13.7. The van der Waals surface area contributed by atoms with Crippen LogP contribution in [0.1, 0.15) is 11.1 Å². The lowest BCUT2D eigenvalue weighted by atomic mass is 10.0. The lowest BCUT2D eigenvalue weighted by Gasteiger charge is -2.10. The topological polar surface area (TPSA) is 61.0 Å². The molecule has 0 bridgehead atoms. The summed E-state index contributed by atoms with van der Waals surface area (Å²) in [6, 6.07) is 12.2. The highest BCUT2D eigenvalue weighted by Crippen LogP contribution is 2.44. The van der Waals surface area contributed by atoms with Crippen LogP contribution in [0.4, 0.5) is 10.3 Å². The summed E-state index contributed by atoms with van der Waals surface area (Å²) in [6.07, 6.45) is 0.703. The van der Waals surface area contributed by atoms with Gasteiger partial charge in [-0.3, -0.25) is 0 Å². The van der Waals surface area contributed by atoms with E-state index in [-0.39, 0.29) is 11.8 Å². The van der Waals surface area contributed by atoms with Gasteiger partial charge in [-0.15, -0.1) is 0 Å². The molecule has 0 fully saturated rings. The molecule has 0 atom stereocenters. The fourth-order valence-corrected chi connectivity index (χ4v) is 3.08. The summed E-state index contributed by atoms with van der Waals surface area (Å²) >= 11 is 0. The van der Waals surface area contributed by atoms with Gasteiger partial charge >= 0.3 is 0 Å². The number of nitrogens with two attached hydrogens (primary N) is 1. The first-order chi connectivity index (χ1) is 11.2. The van der Waals surface area contributed by atoms with Gasteiger partial charge in [-0.1, -0.05) is 12.1 Å². The van der Waals surface area contributed by atoms with Crippen LogP contribution in [0.5, 0.6) is 5.75 Å². The van der Waals surface area contributed by atoms with Crippen LogP contribution in [-0.4, -0.2) is 17.1 Å². The van der Waals surface area contributed by atoms with Gasteiger partial charge in [0.05, 0.1) is 18.5 Å². The largest absolute Gasteiger partial charge is 0.496 e. The summed E-state index contributed by atoms with van der Waals surface area (Å²) in [6.45, 7) is 0. The number of hydrogen-bond acceptors (Lipinski definition) is 4. The van der Waals surface area contributed by atoms with E-state index >= 15 is 0 Å². The third kappa shape index (κ3) is 2.12. The molecule has 2 aromatic carbocycles. The number of anilines is 1. The Hall–Kier alpha value is -2.95. The number of methoxy groups -OCH3 is 1. The fourth-order valence-electron chi connectivity index (χ4n) is 3.08. The predicted molar refractivity (Wildman–Crippen MR) is 86.6 cm³/mol. The van der Waals surface area contributed by atoms with Crippen molar-refractivity contribution in [3.05, 3.63) is 59.4 Å². The van der Waals surface area contributed by atoms with Crippen LogP contribution in [0.15, 0.2) is 42.5 Å². The summed E-state index contributed by atoms with van der Waals surface area (Å²) in [5.74, 6) is 0.684. The Kier molecular flexibility index (Phi) is 3.01. The highest BCUT2D eigenvalue weighted by molar-refractivity contribution is 5.84. The quantitative estimate of drug-likeness (QED) is 0.616. The molecule has 0 saturated carbocycles. The maximum Gasteiger partial charge on any atom is 0.221 e. The molecule has 0 unspecified atom stereocenters. The monoisotopic (exact) mass is 307 g/mol. The van der Waals surface area contributed by atoms with Crippen molar-refractivity contribution in [1.29, 1.82) is 0 Å². The molecule has 0 amide bonds. The van der Waals surface area contributed by atoms with Gasteiger partial charge in [-0.05, 0) is 35.9 Å². The lowest BCUT2D eigenvalue weighted by molar-refractivity contribution is 0.416. The molecular formula is C18H14FN3O. The molecule has 4 rings (SSSR count). The van der Waals surface area contributed by atoms with Crippen molar-refractivity contribution in [2.75, 3.05) is 12.8 Å². The summed E-state index contributed by atoms with van der Waals surface area (Å²) in [4.78, 5) is 8.81. The number of benzene rings is 2. The number of hydrogen-bond donors (Lipinski definition) is 1. The standard InChI is InChI=1S/C18H14FN3O/c1-23-14-4-2-3-11-9-13-16(10-5-7-12(19)8-6-10)21-18(20)22-17(13)15(11)14/h2-8H,9H2,1H3,(H2,20,21,22).